The predicted molar refractivity (Wildman–Crippen MR) is 249 cm³/mol. The molecular formula is C58H49N. The number of anilines is 3. The van der Waals surface area contributed by atoms with Gasteiger partial charge in [0, 0.05) is 22.4 Å². The Balaban J connectivity index is 1.04. The molecule has 8 aromatic rings. The van der Waals surface area contributed by atoms with Crippen molar-refractivity contribution in [1.82, 2.24) is 0 Å². The fourth-order valence-corrected chi connectivity index (χ4v) is 11.1. The maximum absolute atomic E-state index is 2.48. The maximum Gasteiger partial charge on any atom is 0.0540 e. The molecule has 11 rings (SSSR count). The Bertz CT molecular complexity index is 2800. The molecule has 2 bridgehead atoms. The van der Waals surface area contributed by atoms with Gasteiger partial charge in [0.2, 0.25) is 0 Å². The van der Waals surface area contributed by atoms with Gasteiger partial charge in [-0.3, -0.25) is 0 Å². The van der Waals surface area contributed by atoms with Crippen LogP contribution in [-0.4, -0.2) is 0 Å². The van der Waals surface area contributed by atoms with Crippen LogP contribution in [0.3, 0.4) is 0 Å². The first kappa shape index (κ1) is 35.7. The van der Waals surface area contributed by atoms with Crippen molar-refractivity contribution in [1.29, 1.82) is 0 Å². The van der Waals surface area contributed by atoms with Crippen molar-refractivity contribution in [3.8, 4) is 55.6 Å². The summed E-state index contributed by atoms with van der Waals surface area (Å²) in [4.78, 5) is 2.48. The fourth-order valence-electron chi connectivity index (χ4n) is 11.1. The minimum atomic E-state index is -0.176. The van der Waals surface area contributed by atoms with E-state index in [9.17, 15) is 0 Å². The summed E-state index contributed by atoms with van der Waals surface area (Å²) in [6.45, 7) is 4.78. The van der Waals surface area contributed by atoms with Gasteiger partial charge in [0.25, 0.3) is 0 Å². The number of hydrogen-bond donors (Lipinski definition) is 0. The second-order valence-electron chi connectivity index (χ2n) is 17.7. The van der Waals surface area contributed by atoms with Crippen molar-refractivity contribution in [3.63, 3.8) is 0 Å². The highest BCUT2D eigenvalue weighted by Gasteiger charge is 2.40. The van der Waals surface area contributed by atoms with E-state index in [-0.39, 0.29) is 5.41 Å². The van der Waals surface area contributed by atoms with Gasteiger partial charge in [0.05, 0.1) is 5.69 Å². The third-order valence-electron chi connectivity index (χ3n) is 14.0. The van der Waals surface area contributed by atoms with Crippen molar-refractivity contribution in [2.45, 2.75) is 50.9 Å². The molecule has 3 aliphatic carbocycles. The molecule has 2 fully saturated rings. The first-order chi connectivity index (χ1) is 29.0. The summed E-state index contributed by atoms with van der Waals surface area (Å²) in [5, 5.41) is 0. The number of para-hydroxylation sites is 1. The van der Waals surface area contributed by atoms with E-state index in [0.717, 1.165) is 34.8 Å². The van der Waals surface area contributed by atoms with E-state index >= 15 is 0 Å². The van der Waals surface area contributed by atoms with Crippen LogP contribution in [0.25, 0.3) is 55.6 Å². The molecule has 59 heavy (non-hydrogen) atoms. The van der Waals surface area contributed by atoms with E-state index in [1.165, 1.54) is 98.0 Å². The number of fused-ring (bicyclic) bond motifs is 5. The zero-order chi connectivity index (χ0) is 39.5. The lowest BCUT2D eigenvalue weighted by Gasteiger charge is -2.30. The number of nitrogens with zero attached hydrogens (tertiary/aromatic N) is 1. The average Bonchev–Trinajstić information content (AvgIpc) is 4.00. The third kappa shape index (κ3) is 6.14. The zero-order valence-corrected chi connectivity index (χ0v) is 34.0. The minimum Gasteiger partial charge on any atom is -0.310 e. The summed E-state index contributed by atoms with van der Waals surface area (Å²) in [6.07, 6.45) is 5.68. The summed E-state index contributed by atoms with van der Waals surface area (Å²) in [5.41, 5.74) is 20.1. The lowest BCUT2D eigenvalue weighted by Crippen LogP contribution is -2.17. The van der Waals surface area contributed by atoms with E-state index in [4.69, 9.17) is 0 Å². The molecule has 1 heteroatoms. The predicted octanol–water partition coefficient (Wildman–Crippen LogP) is 16.0. The van der Waals surface area contributed by atoms with Gasteiger partial charge in [-0.1, -0.05) is 184 Å². The largest absolute Gasteiger partial charge is 0.310 e. The van der Waals surface area contributed by atoms with E-state index in [1.54, 1.807) is 0 Å². The van der Waals surface area contributed by atoms with E-state index in [2.05, 4.69) is 213 Å². The number of benzene rings is 8. The van der Waals surface area contributed by atoms with Gasteiger partial charge in [0.15, 0.2) is 0 Å². The molecule has 286 valence electrons. The first-order valence-corrected chi connectivity index (χ1v) is 21.6. The van der Waals surface area contributed by atoms with Crippen LogP contribution in [0.5, 0.6) is 0 Å². The van der Waals surface area contributed by atoms with Gasteiger partial charge in [-0.05, 0) is 134 Å². The van der Waals surface area contributed by atoms with Gasteiger partial charge in [-0.15, -0.1) is 0 Å². The van der Waals surface area contributed by atoms with Gasteiger partial charge in [0.1, 0.15) is 0 Å². The van der Waals surface area contributed by atoms with Gasteiger partial charge < -0.3 is 4.90 Å². The van der Waals surface area contributed by atoms with Crippen LogP contribution < -0.4 is 4.90 Å². The second-order valence-corrected chi connectivity index (χ2v) is 17.7. The Morgan fingerprint density at radius 3 is 1.69 bits per heavy atom. The zero-order valence-electron chi connectivity index (χ0n) is 34.0. The molecule has 8 aromatic carbocycles. The Hall–Kier alpha value is -6.44. The topological polar surface area (TPSA) is 3.24 Å². The van der Waals surface area contributed by atoms with Crippen molar-refractivity contribution < 1.29 is 0 Å². The molecule has 0 N–H and O–H groups in total. The van der Waals surface area contributed by atoms with Crippen LogP contribution in [0.1, 0.15) is 62.1 Å². The van der Waals surface area contributed by atoms with E-state index in [0.29, 0.717) is 0 Å². The Kier molecular flexibility index (Phi) is 8.73. The Labute approximate surface area is 349 Å². The Morgan fingerprint density at radius 1 is 0.424 bits per heavy atom. The highest BCUT2D eigenvalue weighted by atomic mass is 15.1. The van der Waals surface area contributed by atoms with E-state index < -0.39 is 0 Å². The van der Waals surface area contributed by atoms with Crippen LogP contribution in [0.2, 0.25) is 0 Å². The molecule has 0 heterocycles. The third-order valence-corrected chi connectivity index (χ3v) is 14.0. The highest BCUT2D eigenvalue weighted by molar-refractivity contribution is 5.97. The molecule has 0 radical (unpaired) electrons. The van der Waals surface area contributed by atoms with Gasteiger partial charge >= 0.3 is 0 Å². The molecular weight excluding hydrogens is 711 g/mol. The standard InChI is InChI=1S/C58H49N/c1-58(2)54-22-13-21-49(43-16-7-4-8-17-43)57(54)52-35-34-47(38-55(52)58)59(56-23-12-11-20-51(56)50-19-10-9-18-48(50)42-14-5-3-6-15-42)46-32-30-41(31-33-46)40-26-28-44(29-27-40)53-37-39-24-25-45(53)36-39/h3-23,26-35,38-39,45,53H,24-25,36-37H2,1-2H3. The Morgan fingerprint density at radius 2 is 1.02 bits per heavy atom. The summed E-state index contributed by atoms with van der Waals surface area (Å²) in [5.74, 6) is 2.60. The summed E-state index contributed by atoms with van der Waals surface area (Å²) < 4.78 is 0. The average molecular weight is 760 g/mol. The normalized spacial score (nSPS) is 18.4. The molecule has 0 aromatic heterocycles. The summed E-state index contributed by atoms with van der Waals surface area (Å²) >= 11 is 0. The minimum absolute atomic E-state index is 0.176. The molecule has 0 aliphatic heterocycles. The lowest BCUT2D eigenvalue weighted by molar-refractivity contribution is 0.420. The SMILES string of the molecule is CC1(C)c2cc(N(c3ccc(-c4ccc(C5CC6CCC5C6)cc4)cc3)c3ccccc3-c3ccccc3-c3ccccc3)ccc2-c2c(-c3ccccc3)cccc21. The van der Waals surface area contributed by atoms with Crippen LogP contribution >= 0.6 is 0 Å². The van der Waals surface area contributed by atoms with Crippen LogP contribution in [0, 0.1) is 11.8 Å². The molecule has 3 aliphatic rings. The van der Waals surface area contributed by atoms with E-state index in [1.807, 2.05) is 0 Å². The molecule has 2 saturated carbocycles. The highest BCUT2D eigenvalue weighted by Crippen LogP contribution is 2.55. The first-order valence-electron chi connectivity index (χ1n) is 21.6. The molecule has 1 nitrogen and oxygen atoms in total. The molecule has 0 saturated heterocycles. The monoisotopic (exact) mass is 759 g/mol. The van der Waals surface area contributed by atoms with Crippen LogP contribution in [0.15, 0.2) is 194 Å². The number of rotatable bonds is 8. The van der Waals surface area contributed by atoms with Crippen molar-refractivity contribution in [2.75, 3.05) is 4.90 Å². The van der Waals surface area contributed by atoms with Gasteiger partial charge in [-0.25, -0.2) is 0 Å². The quantitative estimate of drug-likeness (QED) is 0.149. The van der Waals surface area contributed by atoms with Crippen molar-refractivity contribution >= 4 is 17.1 Å². The summed E-state index contributed by atoms with van der Waals surface area (Å²) in [6, 6.07) is 72.3. The lowest BCUT2D eigenvalue weighted by atomic mass is 9.81. The van der Waals surface area contributed by atoms with Crippen molar-refractivity contribution in [2.24, 2.45) is 11.8 Å². The molecule has 0 spiro atoms. The number of hydrogen-bond acceptors (Lipinski definition) is 1. The van der Waals surface area contributed by atoms with Crippen LogP contribution in [0.4, 0.5) is 17.1 Å². The van der Waals surface area contributed by atoms with Crippen LogP contribution in [-0.2, 0) is 5.41 Å². The second kappa shape index (κ2) is 14.4. The molecule has 3 unspecified atom stereocenters. The maximum atomic E-state index is 2.48. The molecule has 3 atom stereocenters. The van der Waals surface area contributed by atoms with Gasteiger partial charge in [-0.2, -0.15) is 0 Å². The fraction of sp³-hybridized carbons (Fsp3) is 0.172. The smallest absolute Gasteiger partial charge is 0.0540 e. The summed E-state index contributed by atoms with van der Waals surface area (Å²) in [7, 11) is 0. The van der Waals surface area contributed by atoms with Crippen molar-refractivity contribution in [3.05, 3.63) is 211 Å². The molecule has 0 amide bonds.